The number of nitro groups is 1. The zero-order valence-corrected chi connectivity index (χ0v) is 16.2. The fourth-order valence-corrected chi connectivity index (χ4v) is 2.84. The van der Waals surface area contributed by atoms with Gasteiger partial charge >= 0.3 is 6.09 Å². The molecule has 0 saturated carbocycles. The highest BCUT2D eigenvalue weighted by Crippen LogP contribution is 2.25. The number of aryl methyl sites for hydroxylation is 1. The van der Waals surface area contributed by atoms with Gasteiger partial charge in [0.25, 0.3) is 5.69 Å². The van der Waals surface area contributed by atoms with E-state index in [0.29, 0.717) is 36.3 Å². The van der Waals surface area contributed by atoms with Crippen LogP contribution in [0.5, 0.6) is 5.75 Å². The lowest BCUT2D eigenvalue weighted by molar-refractivity contribution is -0.384. The first-order valence-electron chi connectivity index (χ1n) is 8.15. The third-order valence-electron chi connectivity index (χ3n) is 3.76. The lowest BCUT2D eigenvalue weighted by atomic mass is 10.2. The third kappa shape index (κ3) is 6.01. The van der Waals surface area contributed by atoms with E-state index >= 15 is 0 Å². The molecular weight excluding hydrogens is 393 g/mol. The number of nitrogens with zero attached hydrogens (tertiary/aromatic N) is 2. The van der Waals surface area contributed by atoms with Crippen LogP contribution >= 0.6 is 23.2 Å². The SMILES string of the molecule is Cc1cc(N(CCCl)CCCl)ccc1OC(=O)Nc1ccc([N+](=O)[O-])cc1. The van der Waals surface area contributed by atoms with Gasteiger partial charge < -0.3 is 9.64 Å². The van der Waals surface area contributed by atoms with Crippen molar-refractivity contribution in [3.05, 3.63) is 58.1 Å². The van der Waals surface area contributed by atoms with Crippen LogP contribution in [0.15, 0.2) is 42.5 Å². The molecule has 1 amide bonds. The Morgan fingerprint density at radius 2 is 1.78 bits per heavy atom. The van der Waals surface area contributed by atoms with Gasteiger partial charge in [0.2, 0.25) is 0 Å². The smallest absolute Gasteiger partial charge is 0.410 e. The number of hydrogen-bond acceptors (Lipinski definition) is 5. The topological polar surface area (TPSA) is 84.7 Å². The molecule has 0 spiro atoms. The molecule has 2 aromatic carbocycles. The molecule has 0 bridgehead atoms. The Hall–Kier alpha value is -2.51. The Morgan fingerprint density at radius 1 is 1.15 bits per heavy atom. The largest absolute Gasteiger partial charge is 0.417 e. The summed E-state index contributed by atoms with van der Waals surface area (Å²) < 4.78 is 5.33. The van der Waals surface area contributed by atoms with Crippen molar-refractivity contribution in [3.63, 3.8) is 0 Å². The molecule has 0 heterocycles. The first-order valence-corrected chi connectivity index (χ1v) is 9.22. The summed E-state index contributed by atoms with van der Waals surface area (Å²) in [6, 6.07) is 10.9. The first kappa shape index (κ1) is 20.8. The van der Waals surface area contributed by atoms with Gasteiger partial charge in [0.05, 0.1) is 4.92 Å². The predicted molar refractivity (Wildman–Crippen MR) is 108 cm³/mol. The number of nitrogens with one attached hydrogen (secondary N) is 1. The number of non-ortho nitro benzene ring substituents is 1. The van der Waals surface area contributed by atoms with Crippen molar-refractivity contribution in [2.75, 3.05) is 35.1 Å². The van der Waals surface area contributed by atoms with E-state index < -0.39 is 11.0 Å². The van der Waals surface area contributed by atoms with Crippen LogP contribution in [0, 0.1) is 17.0 Å². The highest BCUT2D eigenvalue weighted by atomic mass is 35.5. The summed E-state index contributed by atoms with van der Waals surface area (Å²) in [6.07, 6.45) is -0.682. The number of ether oxygens (including phenoxy) is 1. The minimum absolute atomic E-state index is 0.0567. The van der Waals surface area contributed by atoms with Crippen molar-refractivity contribution >= 4 is 46.4 Å². The Balaban J connectivity index is 2.03. The summed E-state index contributed by atoms with van der Waals surface area (Å²) in [5.41, 5.74) is 2.06. The molecule has 0 saturated heterocycles. The number of halogens is 2. The molecule has 0 atom stereocenters. The molecule has 0 aliphatic heterocycles. The third-order valence-corrected chi connectivity index (χ3v) is 4.10. The van der Waals surface area contributed by atoms with E-state index in [2.05, 4.69) is 5.32 Å². The Labute approximate surface area is 167 Å². The van der Waals surface area contributed by atoms with Crippen LogP contribution in [0.1, 0.15) is 5.56 Å². The number of carbonyl (C=O) groups excluding carboxylic acids is 1. The molecule has 144 valence electrons. The minimum atomic E-state index is -0.682. The molecule has 7 nitrogen and oxygen atoms in total. The summed E-state index contributed by atoms with van der Waals surface area (Å²) in [5, 5.41) is 13.2. The number of hydrogen-bond donors (Lipinski definition) is 1. The van der Waals surface area contributed by atoms with Crippen LogP contribution in [0.25, 0.3) is 0 Å². The van der Waals surface area contributed by atoms with Crippen molar-refractivity contribution < 1.29 is 14.5 Å². The van der Waals surface area contributed by atoms with Gasteiger partial charge in [-0.1, -0.05) is 0 Å². The van der Waals surface area contributed by atoms with E-state index in [4.69, 9.17) is 27.9 Å². The highest BCUT2D eigenvalue weighted by Gasteiger charge is 2.12. The van der Waals surface area contributed by atoms with Crippen molar-refractivity contribution in [2.45, 2.75) is 6.92 Å². The molecule has 9 heteroatoms. The average molecular weight is 412 g/mol. The molecule has 0 fully saturated rings. The van der Waals surface area contributed by atoms with Crippen LogP contribution in [0.2, 0.25) is 0 Å². The number of nitro benzene ring substituents is 1. The van der Waals surface area contributed by atoms with Gasteiger partial charge in [-0.25, -0.2) is 4.79 Å². The summed E-state index contributed by atoms with van der Waals surface area (Å²) in [5.74, 6) is 1.37. The van der Waals surface area contributed by atoms with Gasteiger partial charge in [0, 0.05) is 48.4 Å². The van der Waals surface area contributed by atoms with E-state index in [1.807, 2.05) is 24.0 Å². The molecule has 0 aromatic heterocycles. The van der Waals surface area contributed by atoms with Gasteiger partial charge in [0.1, 0.15) is 5.75 Å². The van der Waals surface area contributed by atoms with Crippen molar-refractivity contribution in [1.82, 2.24) is 0 Å². The van der Waals surface area contributed by atoms with E-state index in [1.165, 1.54) is 24.3 Å². The van der Waals surface area contributed by atoms with Gasteiger partial charge in [0.15, 0.2) is 0 Å². The number of amides is 1. The second-order valence-electron chi connectivity index (χ2n) is 5.63. The molecule has 1 N–H and O–H groups in total. The zero-order chi connectivity index (χ0) is 19.8. The Morgan fingerprint density at radius 3 is 2.30 bits per heavy atom. The maximum Gasteiger partial charge on any atom is 0.417 e. The van der Waals surface area contributed by atoms with Gasteiger partial charge in [-0.15, -0.1) is 23.2 Å². The van der Waals surface area contributed by atoms with Gasteiger partial charge in [-0.2, -0.15) is 0 Å². The van der Waals surface area contributed by atoms with E-state index in [9.17, 15) is 14.9 Å². The fourth-order valence-electron chi connectivity index (χ4n) is 2.43. The highest BCUT2D eigenvalue weighted by molar-refractivity contribution is 6.18. The van der Waals surface area contributed by atoms with Crippen molar-refractivity contribution in [1.29, 1.82) is 0 Å². The van der Waals surface area contributed by atoms with Crippen molar-refractivity contribution in [2.24, 2.45) is 0 Å². The molecule has 2 aromatic rings. The standard InChI is InChI=1S/C18H19Cl2N3O4/c1-13-12-16(22(10-8-19)11-9-20)6-7-17(13)27-18(24)21-14-2-4-15(5-3-14)23(25)26/h2-7,12H,8-11H2,1H3,(H,21,24). The maximum atomic E-state index is 12.1. The van der Waals surface area contributed by atoms with Crippen LogP contribution in [-0.2, 0) is 0 Å². The number of rotatable bonds is 8. The number of alkyl halides is 2. The quantitative estimate of drug-likeness (QED) is 0.383. The van der Waals surface area contributed by atoms with E-state index in [-0.39, 0.29) is 5.69 Å². The van der Waals surface area contributed by atoms with Gasteiger partial charge in [-0.05, 0) is 42.8 Å². The number of benzene rings is 2. The van der Waals surface area contributed by atoms with Crippen molar-refractivity contribution in [3.8, 4) is 5.75 Å². The normalized spacial score (nSPS) is 10.3. The van der Waals surface area contributed by atoms with E-state index in [0.717, 1.165) is 11.3 Å². The summed E-state index contributed by atoms with van der Waals surface area (Å²) in [7, 11) is 0. The summed E-state index contributed by atoms with van der Waals surface area (Å²) in [4.78, 5) is 24.3. The Kier molecular flexibility index (Phi) is 7.69. The summed E-state index contributed by atoms with van der Waals surface area (Å²) >= 11 is 11.7. The lowest BCUT2D eigenvalue weighted by Crippen LogP contribution is -2.27. The first-order chi connectivity index (χ1) is 12.9. The monoisotopic (exact) mass is 411 g/mol. The maximum absolute atomic E-state index is 12.1. The predicted octanol–water partition coefficient (Wildman–Crippen LogP) is 4.80. The fraction of sp³-hybridized carbons (Fsp3) is 0.278. The van der Waals surface area contributed by atoms with Crippen LogP contribution in [0.3, 0.4) is 0 Å². The zero-order valence-electron chi connectivity index (χ0n) is 14.7. The Bertz CT molecular complexity index is 794. The molecule has 2 rings (SSSR count). The van der Waals surface area contributed by atoms with E-state index in [1.54, 1.807) is 6.07 Å². The van der Waals surface area contributed by atoms with Crippen LogP contribution < -0.4 is 15.0 Å². The molecule has 0 radical (unpaired) electrons. The second-order valence-corrected chi connectivity index (χ2v) is 6.39. The molecule has 0 aliphatic rings. The molecular formula is C18H19Cl2N3O4. The summed E-state index contributed by atoms with van der Waals surface area (Å²) in [6.45, 7) is 3.15. The lowest BCUT2D eigenvalue weighted by Gasteiger charge is -2.23. The second kappa shape index (κ2) is 9.99. The van der Waals surface area contributed by atoms with Gasteiger partial charge in [-0.3, -0.25) is 15.4 Å². The van der Waals surface area contributed by atoms with Crippen LogP contribution in [-0.4, -0.2) is 35.9 Å². The van der Waals surface area contributed by atoms with Crippen LogP contribution in [0.4, 0.5) is 21.9 Å². The number of carbonyl (C=O) groups is 1. The minimum Gasteiger partial charge on any atom is -0.410 e. The molecule has 0 aliphatic carbocycles. The molecule has 0 unspecified atom stereocenters. The average Bonchev–Trinajstić information content (AvgIpc) is 2.63. The number of anilines is 2. The molecule has 27 heavy (non-hydrogen) atoms.